The number of rotatable bonds is 5. The van der Waals surface area contributed by atoms with E-state index in [1.165, 1.54) is 12.4 Å². The van der Waals surface area contributed by atoms with Crippen LogP contribution in [0, 0.1) is 5.41 Å². The second kappa shape index (κ2) is 10.7. The number of amidine groups is 1. The lowest BCUT2D eigenvalue weighted by Gasteiger charge is -2.19. The molecule has 0 spiro atoms. The molecule has 0 aliphatic heterocycles. The number of aliphatic imine (C=N–C) groups is 1. The van der Waals surface area contributed by atoms with E-state index >= 15 is 0 Å². The molecule has 3 heterocycles. The van der Waals surface area contributed by atoms with Crippen LogP contribution in [0.15, 0.2) is 88.7 Å². The van der Waals surface area contributed by atoms with Crippen molar-refractivity contribution in [1.29, 1.82) is 0 Å². The molecule has 11 nitrogen and oxygen atoms in total. The number of ether oxygens (including phenoxy) is 1. The monoisotopic (exact) mass is 498 g/mol. The quantitative estimate of drug-likeness (QED) is 0.236. The summed E-state index contributed by atoms with van der Waals surface area (Å²) in [7, 11) is 0. The van der Waals surface area contributed by atoms with Gasteiger partial charge < -0.3 is 20.8 Å². The van der Waals surface area contributed by atoms with Crippen LogP contribution in [-0.2, 0) is 0 Å². The Morgan fingerprint density at radius 3 is 2.54 bits per heavy atom. The van der Waals surface area contributed by atoms with Crippen molar-refractivity contribution in [3.63, 3.8) is 0 Å². The van der Waals surface area contributed by atoms with Gasteiger partial charge in [-0.2, -0.15) is 0 Å². The number of pyridine rings is 2. The highest BCUT2D eigenvalue weighted by atomic mass is 16.5. The maximum absolute atomic E-state index is 12.7. The van der Waals surface area contributed by atoms with Crippen molar-refractivity contribution < 1.29 is 9.53 Å². The van der Waals surface area contributed by atoms with E-state index in [1.54, 1.807) is 24.3 Å². The fourth-order valence-corrected chi connectivity index (χ4v) is 3.01. The first-order valence-corrected chi connectivity index (χ1v) is 11.3. The van der Waals surface area contributed by atoms with Crippen LogP contribution in [-0.4, -0.2) is 31.8 Å². The number of amides is 2. The number of urea groups is 1. The summed E-state index contributed by atoms with van der Waals surface area (Å²) < 4.78 is 5.79. The van der Waals surface area contributed by atoms with E-state index in [-0.39, 0.29) is 16.9 Å². The number of H-pyrrole nitrogens is 1. The van der Waals surface area contributed by atoms with Gasteiger partial charge in [-0.1, -0.05) is 39.0 Å². The van der Waals surface area contributed by atoms with Gasteiger partial charge in [0.25, 0.3) is 5.56 Å². The second-order valence-corrected chi connectivity index (χ2v) is 9.00. The van der Waals surface area contributed by atoms with Gasteiger partial charge in [0.05, 0.1) is 23.8 Å². The summed E-state index contributed by atoms with van der Waals surface area (Å²) in [6, 6.07) is 13.5. The van der Waals surface area contributed by atoms with Gasteiger partial charge in [-0.05, 0) is 18.2 Å². The summed E-state index contributed by atoms with van der Waals surface area (Å²) in [5, 5.41) is 5.45. The lowest BCUT2D eigenvalue weighted by Crippen LogP contribution is -2.34. The molecule has 2 amide bonds. The molecule has 0 aliphatic carbocycles. The molecular weight excluding hydrogens is 472 g/mol. The number of para-hydroxylation sites is 1. The summed E-state index contributed by atoms with van der Waals surface area (Å²) in [5.74, 6) is 0.926. The Balaban J connectivity index is 1.47. The Morgan fingerprint density at radius 1 is 1.05 bits per heavy atom. The first kappa shape index (κ1) is 25.0. The largest absolute Gasteiger partial charge is 0.437 e. The predicted octanol–water partition coefficient (Wildman–Crippen LogP) is 4.25. The lowest BCUT2D eigenvalue weighted by molar-refractivity contribution is 0.256. The van der Waals surface area contributed by atoms with Crippen molar-refractivity contribution in [3.8, 4) is 11.6 Å². The fraction of sp³-hybridized carbons (Fsp3) is 0.154. The number of carbonyl (C=O) groups excluding carboxylic acids is 1. The molecule has 0 bridgehead atoms. The predicted molar refractivity (Wildman–Crippen MR) is 142 cm³/mol. The summed E-state index contributed by atoms with van der Waals surface area (Å²) in [4.78, 5) is 43.7. The van der Waals surface area contributed by atoms with Crippen molar-refractivity contribution in [3.05, 3.63) is 89.2 Å². The first-order valence-electron chi connectivity index (χ1n) is 11.3. The number of benzene rings is 1. The maximum atomic E-state index is 12.7. The van der Waals surface area contributed by atoms with Gasteiger partial charge >= 0.3 is 6.03 Å². The number of hydrogen-bond acceptors (Lipinski definition) is 8. The molecule has 37 heavy (non-hydrogen) atoms. The molecule has 0 aliphatic rings. The Kier molecular flexibility index (Phi) is 7.23. The van der Waals surface area contributed by atoms with Crippen LogP contribution in [0.1, 0.15) is 20.8 Å². The SMILES string of the molecule is CC(C)(C)/C(N)=C/C(=Nc1ccccc1)NC(=O)Nc1ccc(Oc2ccnc3[nH]c(=O)cnc23)nc1. The number of nitrogens with two attached hydrogens (primary N) is 1. The number of nitrogens with zero attached hydrogens (tertiary/aromatic N) is 4. The zero-order chi connectivity index (χ0) is 26.4. The Labute approximate surface area is 212 Å². The number of hydrogen-bond donors (Lipinski definition) is 4. The molecule has 0 saturated heterocycles. The number of nitrogens with one attached hydrogen (secondary N) is 3. The topological polar surface area (TPSA) is 160 Å². The molecule has 0 saturated carbocycles. The van der Waals surface area contributed by atoms with E-state index in [1.807, 2.05) is 51.1 Å². The Morgan fingerprint density at radius 2 is 1.84 bits per heavy atom. The molecule has 0 atom stereocenters. The molecule has 4 rings (SSSR count). The number of fused-ring (bicyclic) bond motifs is 1. The van der Waals surface area contributed by atoms with E-state index < -0.39 is 6.03 Å². The van der Waals surface area contributed by atoms with E-state index in [0.717, 1.165) is 6.20 Å². The second-order valence-electron chi connectivity index (χ2n) is 9.00. The zero-order valence-electron chi connectivity index (χ0n) is 20.5. The van der Waals surface area contributed by atoms with Crippen molar-refractivity contribution in [2.24, 2.45) is 16.1 Å². The molecule has 11 heteroatoms. The summed E-state index contributed by atoms with van der Waals surface area (Å²) in [6.07, 6.45) is 5.73. The normalized spacial score (nSPS) is 12.3. The lowest BCUT2D eigenvalue weighted by atomic mass is 9.92. The van der Waals surface area contributed by atoms with Gasteiger partial charge in [0.2, 0.25) is 5.88 Å². The summed E-state index contributed by atoms with van der Waals surface area (Å²) in [5.41, 5.74) is 7.89. The van der Waals surface area contributed by atoms with Crippen LogP contribution >= 0.6 is 0 Å². The van der Waals surface area contributed by atoms with E-state index in [0.29, 0.717) is 39.8 Å². The number of aromatic amines is 1. The van der Waals surface area contributed by atoms with Crippen molar-refractivity contribution in [2.45, 2.75) is 20.8 Å². The Bertz CT molecular complexity index is 1520. The van der Waals surface area contributed by atoms with Crippen LogP contribution in [0.4, 0.5) is 16.2 Å². The molecule has 188 valence electrons. The molecule has 4 aromatic rings. The van der Waals surface area contributed by atoms with Crippen molar-refractivity contribution >= 4 is 34.4 Å². The number of carbonyl (C=O) groups is 1. The highest BCUT2D eigenvalue weighted by molar-refractivity contribution is 6.08. The maximum Gasteiger partial charge on any atom is 0.324 e. The van der Waals surface area contributed by atoms with Crippen molar-refractivity contribution in [2.75, 3.05) is 5.32 Å². The molecule has 0 radical (unpaired) electrons. The van der Waals surface area contributed by atoms with Gasteiger partial charge in [0, 0.05) is 35.5 Å². The average Bonchev–Trinajstić information content (AvgIpc) is 2.85. The molecule has 1 aromatic carbocycles. The molecule has 0 unspecified atom stereocenters. The minimum atomic E-state index is -0.517. The van der Waals surface area contributed by atoms with Gasteiger partial charge in [0.15, 0.2) is 11.4 Å². The van der Waals surface area contributed by atoms with E-state index in [4.69, 9.17) is 10.5 Å². The third-order valence-electron chi connectivity index (χ3n) is 5.05. The van der Waals surface area contributed by atoms with Gasteiger partial charge in [-0.3, -0.25) is 10.1 Å². The van der Waals surface area contributed by atoms with Crippen LogP contribution in [0.25, 0.3) is 11.2 Å². The van der Waals surface area contributed by atoms with E-state index in [2.05, 4.69) is 35.6 Å². The summed E-state index contributed by atoms with van der Waals surface area (Å²) in [6.45, 7) is 5.91. The molecule has 5 N–H and O–H groups in total. The van der Waals surface area contributed by atoms with Crippen molar-refractivity contribution in [1.82, 2.24) is 25.3 Å². The number of aromatic nitrogens is 4. The fourth-order valence-electron chi connectivity index (χ4n) is 3.01. The van der Waals surface area contributed by atoms with Crippen LogP contribution in [0.2, 0.25) is 0 Å². The molecular formula is C26H26N8O3. The number of allylic oxidation sites excluding steroid dienone is 1. The smallest absolute Gasteiger partial charge is 0.324 e. The molecule has 3 aromatic heterocycles. The van der Waals surface area contributed by atoms with Gasteiger partial charge in [-0.25, -0.2) is 24.7 Å². The van der Waals surface area contributed by atoms with Gasteiger partial charge in [0.1, 0.15) is 11.4 Å². The van der Waals surface area contributed by atoms with Crippen LogP contribution < -0.4 is 26.7 Å². The highest BCUT2D eigenvalue weighted by Gasteiger charge is 2.16. The average molecular weight is 499 g/mol. The standard InChI is InChI=1S/C26H26N8O3/c1-26(2,3)19(27)13-20(31-16-7-5-4-6-8-16)33-25(36)32-17-9-10-22(29-14-17)37-18-11-12-28-24-23(18)30-15-21(35)34-24/h4-15H,27H2,1-3H3,(H,28,34,35)(H2,31,32,33,36)/b19-13-. The summed E-state index contributed by atoms with van der Waals surface area (Å²) >= 11 is 0. The van der Waals surface area contributed by atoms with Crippen LogP contribution in [0.3, 0.4) is 0 Å². The van der Waals surface area contributed by atoms with E-state index in [9.17, 15) is 9.59 Å². The molecule has 0 fully saturated rings. The van der Waals surface area contributed by atoms with Gasteiger partial charge in [-0.15, -0.1) is 0 Å². The minimum absolute atomic E-state index is 0.263. The first-order chi connectivity index (χ1) is 17.7. The highest BCUT2D eigenvalue weighted by Crippen LogP contribution is 2.25. The third kappa shape index (κ3) is 6.75. The third-order valence-corrected chi connectivity index (χ3v) is 5.05. The zero-order valence-corrected chi connectivity index (χ0v) is 20.5. The minimum Gasteiger partial charge on any atom is -0.437 e. The van der Waals surface area contributed by atoms with Crippen LogP contribution in [0.5, 0.6) is 11.6 Å². The number of anilines is 1. The Hall–Kier alpha value is -5.06.